The summed E-state index contributed by atoms with van der Waals surface area (Å²) in [7, 11) is 0. The SMILES string of the molecule is NC(=O)c1cc(Cl)c(Br)c2c1[nH]c1ccccc12. The number of aromatic amines is 1. The first-order valence-electron chi connectivity index (χ1n) is 5.28. The number of hydrogen-bond donors (Lipinski definition) is 2. The Morgan fingerprint density at radius 3 is 2.78 bits per heavy atom. The molecule has 0 radical (unpaired) electrons. The Labute approximate surface area is 116 Å². The van der Waals surface area contributed by atoms with Crippen LogP contribution in [0, 0.1) is 0 Å². The fraction of sp³-hybridized carbons (Fsp3) is 0. The van der Waals surface area contributed by atoms with Crippen molar-refractivity contribution >= 4 is 55.2 Å². The van der Waals surface area contributed by atoms with Crippen molar-refractivity contribution in [3.8, 4) is 0 Å². The second-order valence-electron chi connectivity index (χ2n) is 4.00. The second kappa shape index (κ2) is 4.00. The van der Waals surface area contributed by atoms with Gasteiger partial charge in [-0.1, -0.05) is 29.8 Å². The topological polar surface area (TPSA) is 58.9 Å². The minimum Gasteiger partial charge on any atom is -0.366 e. The summed E-state index contributed by atoms with van der Waals surface area (Å²) in [6, 6.07) is 9.36. The lowest BCUT2D eigenvalue weighted by atomic mass is 10.1. The molecule has 18 heavy (non-hydrogen) atoms. The number of amides is 1. The number of rotatable bonds is 1. The van der Waals surface area contributed by atoms with E-state index in [0.29, 0.717) is 16.1 Å². The first-order valence-corrected chi connectivity index (χ1v) is 6.45. The first kappa shape index (κ1) is 11.6. The van der Waals surface area contributed by atoms with Crippen LogP contribution in [-0.2, 0) is 0 Å². The normalized spacial score (nSPS) is 11.2. The zero-order valence-corrected chi connectivity index (χ0v) is 11.5. The summed E-state index contributed by atoms with van der Waals surface area (Å²) in [5.41, 5.74) is 7.44. The molecule has 1 heterocycles. The van der Waals surface area contributed by atoms with E-state index in [-0.39, 0.29) is 0 Å². The van der Waals surface area contributed by atoms with E-state index in [4.69, 9.17) is 17.3 Å². The van der Waals surface area contributed by atoms with Crippen molar-refractivity contribution in [2.75, 3.05) is 0 Å². The van der Waals surface area contributed by atoms with Gasteiger partial charge in [-0.3, -0.25) is 4.79 Å². The van der Waals surface area contributed by atoms with E-state index < -0.39 is 5.91 Å². The standard InChI is InChI=1S/C13H8BrClN2O/c14-11-8(15)5-7(13(16)18)12-10(11)6-3-1-2-4-9(6)17-12/h1-5,17H,(H2,16,18). The number of primary amides is 1. The number of aromatic nitrogens is 1. The van der Waals surface area contributed by atoms with Crippen LogP contribution in [0.15, 0.2) is 34.8 Å². The molecule has 3 N–H and O–H groups in total. The van der Waals surface area contributed by atoms with E-state index in [1.807, 2.05) is 24.3 Å². The lowest BCUT2D eigenvalue weighted by molar-refractivity contribution is 0.100. The van der Waals surface area contributed by atoms with Gasteiger partial charge in [-0.05, 0) is 28.1 Å². The second-order valence-corrected chi connectivity index (χ2v) is 5.20. The minimum absolute atomic E-state index is 0.398. The summed E-state index contributed by atoms with van der Waals surface area (Å²) in [5.74, 6) is -0.499. The number of H-pyrrole nitrogens is 1. The van der Waals surface area contributed by atoms with Gasteiger partial charge in [0.15, 0.2) is 0 Å². The molecular formula is C13H8BrClN2O. The Kier molecular flexibility index (Phi) is 2.57. The third-order valence-electron chi connectivity index (χ3n) is 2.94. The Morgan fingerprint density at radius 1 is 1.33 bits per heavy atom. The van der Waals surface area contributed by atoms with E-state index in [2.05, 4.69) is 20.9 Å². The lowest BCUT2D eigenvalue weighted by Gasteiger charge is -2.03. The number of nitrogens with one attached hydrogen (secondary N) is 1. The molecule has 0 aliphatic rings. The average Bonchev–Trinajstić information content (AvgIpc) is 2.72. The Bertz CT molecular complexity index is 794. The number of fused-ring (bicyclic) bond motifs is 3. The third kappa shape index (κ3) is 1.53. The van der Waals surface area contributed by atoms with Crippen LogP contribution in [0.3, 0.4) is 0 Å². The molecule has 0 saturated carbocycles. The van der Waals surface area contributed by atoms with Crippen LogP contribution in [-0.4, -0.2) is 10.9 Å². The number of benzene rings is 2. The van der Waals surface area contributed by atoms with Crippen molar-refractivity contribution in [3.05, 3.63) is 45.4 Å². The van der Waals surface area contributed by atoms with Gasteiger partial charge < -0.3 is 10.7 Å². The molecule has 3 aromatic rings. The van der Waals surface area contributed by atoms with E-state index in [1.165, 1.54) is 0 Å². The van der Waals surface area contributed by atoms with Crippen LogP contribution in [0.2, 0.25) is 5.02 Å². The van der Waals surface area contributed by atoms with E-state index >= 15 is 0 Å². The zero-order valence-electron chi connectivity index (χ0n) is 9.13. The van der Waals surface area contributed by atoms with Crippen LogP contribution in [0.4, 0.5) is 0 Å². The van der Waals surface area contributed by atoms with Gasteiger partial charge in [0.1, 0.15) is 0 Å². The van der Waals surface area contributed by atoms with Gasteiger partial charge in [-0.2, -0.15) is 0 Å². The molecule has 5 heteroatoms. The van der Waals surface area contributed by atoms with Crippen LogP contribution < -0.4 is 5.73 Å². The van der Waals surface area contributed by atoms with Crippen LogP contribution in [0.5, 0.6) is 0 Å². The van der Waals surface area contributed by atoms with Gasteiger partial charge in [-0.15, -0.1) is 0 Å². The molecule has 1 amide bonds. The molecule has 0 bridgehead atoms. The Balaban J connectivity index is 2.61. The number of nitrogens with two attached hydrogens (primary N) is 1. The van der Waals surface area contributed by atoms with Gasteiger partial charge in [0.25, 0.3) is 5.91 Å². The zero-order chi connectivity index (χ0) is 12.9. The maximum atomic E-state index is 11.5. The monoisotopic (exact) mass is 322 g/mol. The summed E-state index contributed by atoms with van der Waals surface area (Å²) in [6.07, 6.45) is 0. The molecular weight excluding hydrogens is 316 g/mol. The van der Waals surface area contributed by atoms with Crippen LogP contribution in [0.1, 0.15) is 10.4 Å². The quantitative estimate of drug-likeness (QED) is 0.702. The molecule has 0 fully saturated rings. The molecule has 2 aromatic carbocycles. The Hall–Kier alpha value is -1.52. The highest BCUT2D eigenvalue weighted by Crippen LogP contribution is 2.38. The molecule has 0 unspecified atom stereocenters. The van der Waals surface area contributed by atoms with Crippen molar-refractivity contribution in [2.24, 2.45) is 5.73 Å². The smallest absolute Gasteiger partial charge is 0.250 e. The molecule has 0 aliphatic heterocycles. The summed E-state index contributed by atoms with van der Waals surface area (Å²) < 4.78 is 0.765. The molecule has 0 aliphatic carbocycles. The maximum absolute atomic E-state index is 11.5. The first-order chi connectivity index (χ1) is 8.59. The highest BCUT2D eigenvalue weighted by molar-refractivity contribution is 9.10. The van der Waals surface area contributed by atoms with Gasteiger partial charge in [0, 0.05) is 20.8 Å². The molecule has 0 spiro atoms. The molecule has 3 rings (SSSR count). The highest BCUT2D eigenvalue weighted by Gasteiger charge is 2.16. The molecule has 3 nitrogen and oxygen atoms in total. The maximum Gasteiger partial charge on any atom is 0.250 e. The Morgan fingerprint density at radius 2 is 2.06 bits per heavy atom. The largest absolute Gasteiger partial charge is 0.366 e. The summed E-state index contributed by atoms with van der Waals surface area (Å²) >= 11 is 9.59. The van der Waals surface area contributed by atoms with Gasteiger partial charge in [0.05, 0.1) is 16.1 Å². The van der Waals surface area contributed by atoms with E-state index in [9.17, 15) is 4.79 Å². The number of hydrogen-bond acceptors (Lipinski definition) is 1. The van der Waals surface area contributed by atoms with E-state index in [1.54, 1.807) is 6.07 Å². The predicted octanol–water partition coefficient (Wildman–Crippen LogP) is 3.84. The van der Waals surface area contributed by atoms with Crippen LogP contribution >= 0.6 is 27.5 Å². The fourth-order valence-corrected chi connectivity index (χ4v) is 2.88. The molecule has 0 saturated heterocycles. The summed E-state index contributed by atoms with van der Waals surface area (Å²) in [4.78, 5) is 14.7. The fourth-order valence-electron chi connectivity index (χ4n) is 2.15. The summed E-state index contributed by atoms with van der Waals surface area (Å²) in [6.45, 7) is 0. The van der Waals surface area contributed by atoms with Crippen molar-refractivity contribution in [3.63, 3.8) is 0 Å². The highest BCUT2D eigenvalue weighted by atomic mass is 79.9. The van der Waals surface area contributed by atoms with Crippen LogP contribution in [0.25, 0.3) is 21.8 Å². The van der Waals surface area contributed by atoms with Crippen molar-refractivity contribution in [1.82, 2.24) is 4.98 Å². The average molecular weight is 324 g/mol. The minimum atomic E-state index is -0.499. The van der Waals surface area contributed by atoms with Crippen molar-refractivity contribution in [2.45, 2.75) is 0 Å². The van der Waals surface area contributed by atoms with Gasteiger partial charge in [0.2, 0.25) is 0 Å². The molecule has 0 atom stereocenters. The van der Waals surface area contributed by atoms with Gasteiger partial charge >= 0.3 is 0 Å². The number of carbonyl (C=O) groups is 1. The van der Waals surface area contributed by atoms with Crippen molar-refractivity contribution < 1.29 is 4.79 Å². The van der Waals surface area contributed by atoms with E-state index in [0.717, 1.165) is 20.8 Å². The number of para-hydroxylation sites is 1. The number of halogens is 2. The predicted molar refractivity (Wildman–Crippen MR) is 77.0 cm³/mol. The lowest BCUT2D eigenvalue weighted by Crippen LogP contribution is -2.11. The summed E-state index contributed by atoms with van der Waals surface area (Å²) in [5, 5.41) is 2.36. The molecule has 90 valence electrons. The number of carbonyl (C=O) groups excluding carboxylic acids is 1. The molecule has 1 aromatic heterocycles. The van der Waals surface area contributed by atoms with Crippen molar-refractivity contribution in [1.29, 1.82) is 0 Å². The van der Waals surface area contributed by atoms with Gasteiger partial charge in [-0.25, -0.2) is 0 Å². The third-order valence-corrected chi connectivity index (χ3v) is 4.29.